The molecule has 0 N–H and O–H groups in total. The van der Waals surface area contributed by atoms with Crippen molar-refractivity contribution in [2.24, 2.45) is 0 Å². The first kappa shape index (κ1) is 12.1. The van der Waals surface area contributed by atoms with Crippen LogP contribution in [0.1, 0.15) is 6.92 Å². The Kier molecular flexibility index (Phi) is 3.22. The summed E-state index contributed by atoms with van der Waals surface area (Å²) >= 11 is 0. The summed E-state index contributed by atoms with van der Waals surface area (Å²) in [7, 11) is 1.59. The Morgan fingerprint density at radius 1 is 1.35 bits per heavy atom. The average molecular weight is 272 g/mol. The molecule has 6 heteroatoms. The molecule has 90 valence electrons. The summed E-state index contributed by atoms with van der Waals surface area (Å²) in [6.45, 7) is 2.33. The van der Waals surface area contributed by atoms with E-state index in [0.717, 1.165) is 0 Å². The Hall–Kier alpha value is -1.33. The van der Waals surface area contributed by atoms with Crippen LogP contribution < -0.4 is 4.74 Å². The van der Waals surface area contributed by atoms with Gasteiger partial charge in [0.2, 0.25) is 0 Å². The van der Waals surface area contributed by atoms with Gasteiger partial charge in [-0.15, -0.1) is 0 Å². The van der Waals surface area contributed by atoms with Crippen molar-refractivity contribution in [1.29, 1.82) is 0 Å². The smallest absolute Gasteiger partial charge is 0.261 e. The van der Waals surface area contributed by atoms with Crippen LogP contribution in [0.25, 0.3) is 10.9 Å². The van der Waals surface area contributed by atoms with Gasteiger partial charge in [-0.05, 0) is 31.2 Å². The van der Waals surface area contributed by atoms with E-state index in [1.54, 1.807) is 24.4 Å². The Bertz CT molecular complexity index is 655. The normalized spacial score (nSPS) is 11.6. The van der Waals surface area contributed by atoms with E-state index in [4.69, 9.17) is 15.4 Å². The van der Waals surface area contributed by atoms with E-state index in [0.29, 0.717) is 23.3 Å². The third kappa shape index (κ3) is 2.35. The molecule has 0 saturated carbocycles. The van der Waals surface area contributed by atoms with Crippen molar-refractivity contribution in [2.45, 2.75) is 11.8 Å². The van der Waals surface area contributed by atoms with E-state index in [2.05, 4.69) is 4.98 Å². The first-order chi connectivity index (χ1) is 8.04. The molecule has 1 aromatic heterocycles. The standard InChI is InChI=1S/C11H10ClNO3S/c1-2-16-9-5-6-10(17(12,14)15)8-4-3-7-13-11(8)9/h3-7H,2H2,1H3. The van der Waals surface area contributed by atoms with Gasteiger partial charge in [0.15, 0.2) is 0 Å². The summed E-state index contributed by atoms with van der Waals surface area (Å²) < 4.78 is 28.2. The number of fused-ring (bicyclic) bond motifs is 1. The lowest BCUT2D eigenvalue weighted by molar-refractivity contribution is 0.343. The first-order valence-corrected chi connectivity index (χ1v) is 7.30. The van der Waals surface area contributed by atoms with Gasteiger partial charge >= 0.3 is 0 Å². The number of benzene rings is 1. The highest BCUT2D eigenvalue weighted by Gasteiger charge is 2.16. The number of rotatable bonds is 3. The van der Waals surface area contributed by atoms with Crippen molar-refractivity contribution in [2.75, 3.05) is 6.61 Å². The summed E-state index contributed by atoms with van der Waals surface area (Å²) in [5.74, 6) is 0.548. The van der Waals surface area contributed by atoms with Crippen molar-refractivity contribution in [3.63, 3.8) is 0 Å². The summed E-state index contributed by atoms with van der Waals surface area (Å²) in [6.07, 6.45) is 1.58. The molecule has 0 aliphatic heterocycles. The lowest BCUT2D eigenvalue weighted by atomic mass is 10.2. The van der Waals surface area contributed by atoms with Crippen molar-refractivity contribution >= 4 is 30.6 Å². The molecular formula is C11H10ClNO3S. The second-order valence-electron chi connectivity index (χ2n) is 3.33. The van der Waals surface area contributed by atoms with Gasteiger partial charge in [0.1, 0.15) is 11.3 Å². The van der Waals surface area contributed by atoms with Crippen LogP contribution in [0.3, 0.4) is 0 Å². The Balaban J connectivity index is 2.80. The molecule has 1 aromatic carbocycles. The van der Waals surface area contributed by atoms with E-state index >= 15 is 0 Å². The SMILES string of the molecule is CCOc1ccc(S(=O)(=O)Cl)c2cccnc12. The fraction of sp³-hybridized carbons (Fsp3) is 0.182. The molecule has 0 bridgehead atoms. The highest BCUT2D eigenvalue weighted by Crippen LogP contribution is 2.30. The maximum atomic E-state index is 11.4. The molecule has 0 radical (unpaired) electrons. The molecule has 0 aliphatic rings. The largest absolute Gasteiger partial charge is 0.492 e. The third-order valence-electron chi connectivity index (χ3n) is 2.26. The molecule has 0 amide bonds. The van der Waals surface area contributed by atoms with E-state index in [9.17, 15) is 8.42 Å². The lowest BCUT2D eigenvalue weighted by Crippen LogP contribution is -1.97. The molecule has 2 rings (SSSR count). The molecule has 17 heavy (non-hydrogen) atoms. The fourth-order valence-electron chi connectivity index (χ4n) is 1.61. The van der Waals surface area contributed by atoms with E-state index in [-0.39, 0.29) is 4.90 Å². The zero-order chi connectivity index (χ0) is 12.5. The zero-order valence-electron chi connectivity index (χ0n) is 9.05. The molecule has 4 nitrogen and oxygen atoms in total. The second kappa shape index (κ2) is 4.50. The summed E-state index contributed by atoms with van der Waals surface area (Å²) in [6, 6.07) is 6.30. The molecule has 0 atom stereocenters. The first-order valence-electron chi connectivity index (χ1n) is 4.99. The van der Waals surface area contributed by atoms with Gasteiger partial charge in [-0.1, -0.05) is 0 Å². The number of ether oxygens (including phenoxy) is 1. The lowest BCUT2D eigenvalue weighted by Gasteiger charge is -2.08. The predicted molar refractivity (Wildman–Crippen MR) is 66.0 cm³/mol. The van der Waals surface area contributed by atoms with Crippen molar-refractivity contribution < 1.29 is 13.2 Å². The predicted octanol–water partition coefficient (Wildman–Crippen LogP) is 2.56. The summed E-state index contributed by atoms with van der Waals surface area (Å²) in [5.41, 5.74) is 0.496. The van der Waals surface area contributed by atoms with Crippen LogP contribution in [0.4, 0.5) is 0 Å². The number of halogens is 1. The zero-order valence-corrected chi connectivity index (χ0v) is 10.6. The van der Waals surface area contributed by atoms with Crippen LogP contribution in [-0.2, 0) is 9.05 Å². The van der Waals surface area contributed by atoms with Crippen molar-refractivity contribution in [1.82, 2.24) is 4.98 Å². The minimum absolute atomic E-state index is 0.0470. The maximum absolute atomic E-state index is 11.4. The molecule has 0 fully saturated rings. The van der Waals surface area contributed by atoms with Crippen LogP contribution in [0, 0.1) is 0 Å². The second-order valence-corrected chi connectivity index (χ2v) is 5.87. The van der Waals surface area contributed by atoms with E-state index < -0.39 is 9.05 Å². The molecule has 0 saturated heterocycles. The van der Waals surface area contributed by atoms with Crippen molar-refractivity contribution in [3.05, 3.63) is 30.5 Å². The van der Waals surface area contributed by atoms with E-state index in [1.165, 1.54) is 6.07 Å². The number of aromatic nitrogens is 1. The van der Waals surface area contributed by atoms with Gasteiger partial charge < -0.3 is 4.74 Å². The van der Waals surface area contributed by atoms with Crippen LogP contribution in [0.5, 0.6) is 5.75 Å². The number of nitrogens with zero attached hydrogens (tertiary/aromatic N) is 1. The van der Waals surface area contributed by atoms with Gasteiger partial charge in [0.25, 0.3) is 9.05 Å². The topological polar surface area (TPSA) is 56.3 Å². The number of hydrogen-bond acceptors (Lipinski definition) is 4. The average Bonchev–Trinajstić information content (AvgIpc) is 2.28. The van der Waals surface area contributed by atoms with Crippen LogP contribution in [0.2, 0.25) is 0 Å². The Morgan fingerprint density at radius 2 is 2.12 bits per heavy atom. The highest BCUT2D eigenvalue weighted by molar-refractivity contribution is 8.14. The van der Waals surface area contributed by atoms with Gasteiger partial charge in [-0.25, -0.2) is 8.42 Å². The molecular weight excluding hydrogens is 262 g/mol. The third-order valence-corrected chi connectivity index (χ3v) is 3.64. The van der Waals surface area contributed by atoms with Crippen LogP contribution in [0.15, 0.2) is 35.4 Å². The van der Waals surface area contributed by atoms with Crippen molar-refractivity contribution in [3.8, 4) is 5.75 Å². The molecule has 2 aromatic rings. The Labute approximate surface area is 104 Å². The molecule has 0 aliphatic carbocycles. The minimum atomic E-state index is -3.78. The minimum Gasteiger partial charge on any atom is -0.492 e. The Morgan fingerprint density at radius 3 is 2.76 bits per heavy atom. The van der Waals surface area contributed by atoms with E-state index in [1.807, 2.05) is 6.92 Å². The number of hydrogen-bond donors (Lipinski definition) is 0. The monoisotopic (exact) mass is 271 g/mol. The van der Waals surface area contributed by atoms with Crippen LogP contribution >= 0.6 is 10.7 Å². The summed E-state index contributed by atoms with van der Waals surface area (Å²) in [4.78, 5) is 4.17. The molecule has 0 spiro atoms. The molecule has 1 heterocycles. The highest BCUT2D eigenvalue weighted by atomic mass is 35.7. The number of pyridine rings is 1. The van der Waals surface area contributed by atoms with Gasteiger partial charge in [0.05, 0.1) is 11.5 Å². The maximum Gasteiger partial charge on any atom is 0.261 e. The van der Waals surface area contributed by atoms with Gasteiger partial charge in [-0.3, -0.25) is 4.98 Å². The summed E-state index contributed by atoms with van der Waals surface area (Å²) in [5, 5.41) is 0.466. The van der Waals surface area contributed by atoms with Gasteiger partial charge in [-0.2, -0.15) is 0 Å². The molecule has 0 unspecified atom stereocenters. The quantitative estimate of drug-likeness (QED) is 0.805. The van der Waals surface area contributed by atoms with Gasteiger partial charge in [0, 0.05) is 22.3 Å². The fourth-order valence-corrected chi connectivity index (χ4v) is 2.67. The van der Waals surface area contributed by atoms with Crippen LogP contribution in [-0.4, -0.2) is 20.0 Å².